The van der Waals surface area contributed by atoms with Crippen molar-refractivity contribution in [3.63, 3.8) is 0 Å². The van der Waals surface area contributed by atoms with Crippen molar-refractivity contribution >= 4 is 120 Å². The molecule has 0 aliphatic carbocycles. The number of rotatable bonds is 8. The van der Waals surface area contributed by atoms with Crippen molar-refractivity contribution in [1.29, 1.82) is 0 Å². The minimum atomic E-state index is -4.45. The van der Waals surface area contributed by atoms with Gasteiger partial charge in [0.05, 0.1) is 42.0 Å². The third kappa shape index (κ3) is 18.6. The Bertz CT molecular complexity index is 4220. The molecule has 0 bridgehead atoms. The van der Waals surface area contributed by atoms with E-state index >= 15 is 0 Å². The van der Waals surface area contributed by atoms with Gasteiger partial charge in [-0.3, -0.25) is 15.0 Å². The third-order valence-electron chi connectivity index (χ3n) is 11.9. The maximum atomic E-state index is 13.0. The molecule has 0 spiro atoms. The number of hydrogen-bond donors (Lipinski definition) is 5. The molecule has 0 atom stereocenters. The van der Waals surface area contributed by atoms with Gasteiger partial charge in [0.25, 0.3) is 0 Å². The number of alkyl halides is 9. The Morgan fingerprint density at radius 2 is 0.856 bits per heavy atom. The van der Waals surface area contributed by atoms with Gasteiger partial charge < -0.3 is 35.9 Å². The number of nitrogens with zero attached hydrogens (tertiary/aromatic N) is 9. The van der Waals surface area contributed by atoms with E-state index in [9.17, 15) is 49.1 Å². The monoisotopic (exact) mass is 1300 g/mol. The smallest absolute Gasteiger partial charge is 0.465 e. The zero-order chi connectivity index (χ0) is 64.6. The number of carbonyl (C=O) groups excluding carboxylic acids is 2. The number of pyridine rings is 3. The van der Waals surface area contributed by atoms with E-state index in [4.69, 9.17) is 55.3 Å². The molecule has 6 N–H and O–H groups in total. The molecule has 11 aromatic rings. The Hall–Kier alpha value is -9.87. The van der Waals surface area contributed by atoms with Gasteiger partial charge in [0.15, 0.2) is 27.1 Å². The molecule has 0 amide bonds. The maximum absolute atomic E-state index is 13.0. The second kappa shape index (κ2) is 30.9. The van der Waals surface area contributed by atoms with Gasteiger partial charge in [0.1, 0.15) is 5.69 Å². The van der Waals surface area contributed by atoms with Crippen LogP contribution >= 0.6 is 34.8 Å². The predicted molar refractivity (Wildman–Crippen MR) is 323 cm³/mol. The van der Waals surface area contributed by atoms with Crippen LogP contribution in [0.5, 0.6) is 0 Å². The van der Waals surface area contributed by atoms with Gasteiger partial charge in [0, 0.05) is 92.1 Å². The van der Waals surface area contributed by atoms with Gasteiger partial charge >= 0.3 is 37.6 Å². The highest BCUT2D eigenvalue weighted by Gasteiger charge is 2.32. The molecule has 5 aromatic carbocycles. The molecule has 464 valence electrons. The average Bonchev–Trinajstić information content (AvgIpc) is 0.883. The fourth-order valence-corrected chi connectivity index (χ4v) is 8.21. The minimum absolute atomic E-state index is 0. The second-order valence-electron chi connectivity index (χ2n) is 17.9. The number of benzene rings is 5. The summed E-state index contributed by atoms with van der Waals surface area (Å²) < 4.78 is 122. The van der Waals surface area contributed by atoms with Crippen molar-refractivity contribution in [2.45, 2.75) is 26.0 Å². The molecule has 0 fully saturated rings. The Labute approximate surface area is 520 Å². The lowest BCUT2D eigenvalue weighted by Crippen LogP contribution is -2.29. The number of esters is 2. The first-order chi connectivity index (χ1) is 42.2. The number of hydrogen-bond acceptors (Lipinski definition) is 18. The quantitative estimate of drug-likeness (QED) is 0.0410. The zero-order valence-corrected chi connectivity index (χ0v) is 47.8. The number of methoxy groups -OCH3 is 2. The van der Waals surface area contributed by atoms with E-state index in [-0.39, 0.29) is 41.3 Å². The Balaban J connectivity index is 0.000000191. The lowest BCUT2D eigenvalue weighted by Gasteiger charge is -2.13. The molecule has 0 radical (unpaired) electrons. The summed E-state index contributed by atoms with van der Waals surface area (Å²) in [5, 5.41) is 51.4. The third-order valence-corrected chi connectivity index (χ3v) is 12.8. The molecular weight excluding hydrogens is 1260 g/mol. The standard InChI is InChI=1S/C22H15F3N4O2.C14H8ClF3N4.C8H9BO4.C7H3Cl2N3.C7H6F3N.CH4/c1-31-21(30)14-7-5-13(6-8-14)19-17-9-10-26-12-18(17)20(29-28-19)27-16-4-2-3-15(11-16)22(23,24)25;15-12-10-4-5-19-7-11(10)13(22-21-12)20-9-3-1-2-8(6-9)14(16,17)18;1-13-8(10)6-2-4-7(5-3-6)9(11)12;8-6-4-1-2-10-3-5(4)7(9)12-11-6;8-7(9,10)5-2-1-3-6(11)4-5;/h2-12H,1H3,(H,27,29);1-7H,(H,20,22);2-5,11-12H,1H3;1-3H;1-4H,11H2;1H4. The zero-order valence-electron chi connectivity index (χ0n) is 45.5. The highest BCUT2D eigenvalue weighted by Crippen LogP contribution is 2.36. The molecule has 0 saturated heterocycles. The highest BCUT2D eigenvalue weighted by molar-refractivity contribution is 6.58. The molecule has 11 rings (SSSR count). The summed E-state index contributed by atoms with van der Waals surface area (Å²) in [6, 6.07) is 31.9. The van der Waals surface area contributed by atoms with Gasteiger partial charge in [-0.15, -0.1) is 30.6 Å². The van der Waals surface area contributed by atoms with Crippen LogP contribution in [0.25, 0.3) is 43.6 Å². The number of nitrogen functional groups attached to an aromatic ring is 1. The lowest BCUT2D eigenvalue weighted by molar-refractivity contribution is -0.138. The number of halogens is 12. The Morgan fingerprint density at radius 3 is 1.28 bits per heavy atom. The minimum Gasteiger partial charge on any atom is -0.465 e. The largest absolute Gasteiger partial charge is 0.488 e. The van der Waals surface area contributed by atoms with Gasteiger partial charge in [-0.05, 0) is 103 Å². The van der Waals surface area contributed by atoms with E-state index in [0.717, 1.165) is 47.2 Å². The van der Waals surface area contributed by atoms with Crippen LogP contribution in [0.1, 0.15) is 44.8 Å². The Morgan fingerprint density at radius 1 is 0.478 bits per heavy atom. The summed E-state index contributed by atoms with van der Waals surface area (Å²) in [6.45, 7) is 0. The lowest BCUT2D eigenvalue weighted by atomic mass is 9.80. The van der Waals surface area contributed by atoms with Crippen LogP contribution in [0.2, 0.25) is 15.5 Å². The summed E-state index contributed by atoms with van der Waals surface area (Å²) in [4.78, 5) is 34.6. The van der Waals surface area contributed by atoms with E-state index < -0.39 is 54.3 Å². The molecule has 18 nitrogen and oxygen atoms in total. The molecule has 90 heavy (non-hydrogen) atoms. The van der Waals surface area contributed by atoms with Gasteiger partial charge in [-0.2, -0.15) is 39.5 Å². The average molecular weight is 1310 g/mol. The van der Waals surface area contributed by atoms with Gasteiger partial charge in [-0.25, -0.2) is 9.59 Å². The highest BCUT2D eigenvalue weighted by atomic mass is 35.5. The second-order valence-corrected chi connectivity index (χ2v) is 18.9. The number of carbonyl (C=O) groups is 2. The summed E-state index contributed by atoms with van der Waals surface area (Å²) in [7, 11) is 1.09. The van der Waals surface area contributed by atoms with Crippen LogP contribution in [-0.4, -0.2) is 88.9 Å². The fraction of sp³-hybridized carbons (Fsp3) is 0.102. The number of nitrogens with one attached hydrogen (secondary N) is 2. The first kappa shape index (κ1) is 69.2. The summed E-state index contributed by atoms with van der Waals surface area (Å²) >= 11 is 17.5. The number of nitrogens with two attached hydrogens (primary N) is 1. The van der Waals surface area contributed by atoms with Crippen molar-refractivity contribution in [3.05, 3.63) is 220 Å². The van der Waals surface area contributed by atoms with Crippen molar-refractivity contribution in [1.82, 2.24) is 45.5 Å². The molecule has 31 heteroatoms. The SMILES string of the molecule is C.COC(=O)c1ccc(-c2nnc(Nc3cccc(C(F)(F)F)c3)c3cnccc23)cc1.COC(=O)c1ccc(B(O)O)cc1.Clc1nnc(Cl)c2cnccc12.FC(F)(F)c1cccc(Nc2nnc(Cl)c3ccncc23)c1.Nc1cccc(C(F)(F)F)c1. The van der Waals surface area contributed by atoms with Crippen LogP contribution in [0, 0.1) is 0 Å². The predicted octanol–water partition coefficient (Wildman–Crippen LogP) is 14.1. The van der Waals surface area contributed by atoms with Crippen LogP contribution in [0.4, 0.5) is 68.2 Å². The van der Waals surface area contributed by atoms with E-state index in [0.29, 0.717) is 59.7 Å². The first-order valence-corrected chi connectivity index (χ1v) is 26.2. The van der Waals surface area contributed by atoms with E-state index in [1.165, 1.54) is 81.1 Å². The normalized spacial score (nSPS) is 10.9. The van der Waals surface area contributed by atoms with Gasteiger partial charge in [0.2, 0.25) is 0 Å². The topological polar surface area (TPSA) is 259 Å². The fourth-order valence-electron chi connectivity index (χ4n) is 7.62. The summed E-state index contributed by atoms with van der Waals surface area (Å²) in [5.74, 6) is -0.338. The first-order valence-electron chi connectivity index (χ1n) is 25.1. The van der Waals surface area contributed by atoms with E-state index in [1.807, 2.05) is 0 Å². The van der Waals surface area contributed by atoms with Crippen molar-refractivity contribution < 1.29 is 68.6 Å². The molecule has 0 unspecified atom stereocenters. The van der Waals surface area contributed by atoms with E-state index in [1.54, 1.807) is 73.4 Å². The Kier molecular flexibility index (Phi) is 23.7. The van der Waals surface area contributed by atoms with Gasteiger partial charge in [-0.1, -0.05) is 84.7 Å². The molecule has 0 aliphatic rings. The molecule has 0 saturated carbocycles. The van der Waals surface area contributed by atoms with Crippen molar-refractivity contribution in [3.8, 4) is 11.3 Å². The van der Waals surface area contributed by atoms with Crippen LogP contribution in [0.3, 0.4) is 0 Å². The number of anilines is 5. The summed E-state index contributed by atoms with van der Waals surface area (Å²) in [5.41, 5.74) is 5.90. The van der Waals surface area contributed by atoms with Crippen molar-refractivity contribution in [2.24, 2.45) is 0 Å². The molecular formula is C59H45BCl3F9N12O6. The maximum Gasteiger partial charge on any atom is 0.488 e. The van der Waals surface area contributed by atoms with Crippen LogP contribution < -0.4 is 21.8 Å². The van der Waals surface area contributed by atoms with E-state index in [2.05, 4.69) is 60.9 Å². The van der Waals surface area contributed by atoms with Crippen LogP contribution in [-0.2, 0) is 28.0 Å². The van der Waals surface area contributed by atoms with Crippen molar-refractivity contribution in [2.75, 3.05) is 30.6 Å². The van der Waals surface area contributed by atoms with Crippen LogP contribution in [0.15, 0.2) is 177 Å². The molecule has 0 aliphatic heterocycles. The number of ether oxygens (including phenoxy) is 2. The number of aromatic nitrogens is 9. The molecule has 6 heterocycles. The number of fused-ring (bicyclic) bond motifs is 3. The summed E-state index contributed by atoms with van der Waals surface area (Å²) in [6.07, 6.45) is -3.70. The molecule has 6 aromatic heterocycles.